The zero-order chi connectivity index (χ0) is 13.0. The van der Waals surface area contributed by atoms with E-state index in [0.29, 0.717) is 0 Å². The molecule has 1 heterocycles. The number of amides is 1. The number of nitrogens with zero attached hydrogens (tertiary/aromatic N) is 2. The number of hydrogen-bond acceptors (Lipinski definition) is 4. The van der Waals surface area contributed by atoms with Gasteiger partial charge in [-0.25, -0.2) is 0 Å². The molecule has 1 fully saturated rings. The average Bonchev–Trinajstić information content (AvgIpc) is 2.47. The molecule has 1 aromatic rings. The minimum Gasteiger partial charge on any atom is -0.497 e. The summed E-state index contributed by atoms with van der Waals surface area (Å²) in [6, 6.07) is 7.98. The Balaban J connectivity index is 0.00000180. The molecular weight excluding hydrogens is 266 g/mol. The number of nitrogens with two attached hydrogens (primary N) is 1. The van der Waals surface area contributed by atoms with Gasteiger partial charge in [0.25, 0.3) is 0 Å². The Morgan fingerprint density at radius 2 is 1.79 bits per heavy atom. The summed E-state index contributed by atoms with van der Waals surface area (Å²) in [7, 11) is 1.66. The van der Waals surface area contributed by atoms with E-state index >= 15 is 0 Å². The van der Waals surface area contributed by atoms with E-state index in [-0.39, 0.29) is 24.9 Å². The fourth-order valence-electron chi connectivity index (χ4n) is 2.14. The molecule has 0 saturated carbocycles. The van der Waals surface area contributed by atoms with Gasteiger partial charge in [0.2, 0.25) is 5.91 Å². The molecule has 0 aliphatic carbocycles. The van der Waals surface area contributed by atoms with Crippen molar-refractivity contribution < 1.29 is 9.53 Å². The Kier molecular flexibility index (Phi) is 5.92. The largest absolute Gasteiger partial charge is 0.497 e. The lowest BCUT2D eigenvalue weighted by molar-refractivity contribution is -0.129. The van der Waals surface area contributed by atoms with E-state index in [1.165, 1.54) is 0 Å². The lowest BCUT2D eigenvalue weighted by Crippen LogP contribution is -2.50. The number of benzene rings is 1. The number of carbonyl (C=O) groups is 1. The normalized spacial score (nSPS) is 14.8. The molecular formula is C13H20ClN3O2. The summed E-state index contributed by atoms with van der Waals surface area (Å²) in [5.41, 5.74) is 6.52. The second-order valence-electron chi connectivity index (χ2n) is 4.27. The predicted octanol–water partition coefficient (Wildman–Crippen LogP) is 0.724. The molecule has 0 aromatic heterocycles. The topological polar surface area (TPSA) is 58.8 Å². The van der Waals surface area contributed by atoms with Gasteiger partial charge in [0.1, 0.15) is 5.75 Å². The minimum atomic E-state index is 0. The third-order valence-corrected chi connectivity index (χ3v) is 3.24. The van der Waals surface area contributed by atoms with Crippen LogP contribution in [0.15, 0.2) is 24.3 Å². The van der Waals surface area contributed by atoms with Crippen molar-refractivity contribution in [1.82, 2.24) is 4.90 Å². The zero-order valence-electron chi connectivity index (χ0n) is 11.0. The fourth-order valence-corrected chi connectivity index (χ4v) is 2.14. The van der Waals surface area contributed by atoms with Crippen molar-refractivity contribution in [3.8, 4) is 5.75 Å². The van der Waals surface area contributed by atoms with Crippen LogP contribution in [0, 0.1) is 0 Å². The molecule has 2 rings (SSSR count). The third-order valence-electron chi connectivity index (χ3n) is 3.24. The first-order valence-electron chi connectivity index (χ1n) is 6.11. The molecule has 6 heteroatoms. The molecule has 1 aliphatic heterocycles. The Morgan fingerprint density at radius 3 is 2.26 bits per heavy atom. The molecule has 0 bridgehead atoms. The maximum Gasteiger partial charge on any atom is 0.236 e. The molecule has 5 nitrogen and oxygen atoms in total. The Bertz CT molecular complexity index is 403. The van der Waals surface area contributed by atoms with E-state index in [1.54, 1.807) is 7.11 Å². The van der Waals surface area contributed by atoms with E-state index in [0.717, 1.165) is 37.6 Å². The highest BCUT2D eigenvalue weighted by atomic mass is 35.5. The van der Waals surface area contributed by atoms with Crippen LogP contribution in [0.3, 0.4) is 0 Å². The maximum atomic E-state index is 11.5. The number of hydrogen-bond donors (Lipinski definition) is 1. The summed E-state index contributed by atoms with van der Waals surface area (Å²) in [5.74, 6) is 0.889. The first-order chi connectivity index (χ1) is 8.74. The van der Waals surface area contributed by atoms with Crippen molar-refractivity contribution in [2.45, 2.75) is 0 Å². The number of piperazine rings is 1. The summed E-state index contributed by atoms with van der Waals surface area (Å²) < 4.78 is 5.13. The molecule has 0 atom stereocenters. The Morgan fingerprint density at radius 1 is 1.21 bits per heavy atom. The van der Waals surface area contributed by atoms with Crippen LogP contribution in [-0.4, -0.2) is 50.6 Å². The van der Waals surface area contributed by atoms with Crippen molar-refractivity contribution in [3.63, 3.8) is 0 Å². The van der Waals surface area contributed by atoms with Crippen molar-refractivity contribution in [2.24, 2.45) is 5.73 Å². The van der Waals surface area contributed by atoms with Crippen LogP contribution in [0.2, 0.25) is 0 Å². The Labute approximate surface area is 119 Å². The van der Waals surface area contributed by atoms with Crippen LogP contribution < -0.4 is 15.4 Å². The number of carbonyl (C=O) groups excluding carboxylic acids is 1. The molecule has 106 valence electrons. The average molecular weight is 286 g/mol. The summed E-state index contributed by atoms with van der Waals surface area (Å²) in [6.45, 7) is 3.27. The molecule has 0 unspecified atom stereocenters. The number of methoxy groups -OCH3 is 1. The van der Waals surface area contributed by atoms with Crippen molar-refractivity contribution >= 4 is 24.0 Å². The summed E-state index contributed by atoms with van der Waals surface area (Å²) >= 11 is 0. The first-order valence-corrected chi connectivity index (χ1v) is 6.11. The second kappa shape index (κ2) is 7.21. The molecule has 1 amide bonds. The number of rotatable bonds is 3. The highest BCUT2D eigenvalue weighted by Crippen LogP contribution is 2.20. The van der Waals surface area contributed by atoms with Crippen molar-refractivity contribution in [1.29, 1.82) is 0 Å². The van der Waals surface area contributed by atoms with Gasteiger partial charge in [-0.1, -0.05) is 0 Å². The number of ether oxygens (including phenoxy) is 1. The van der Waals surface area contributed by atoms with Gasteiger partial charge in [-0.05, 0) is 24.3 Å². The molecule has 0 spiro atoms. The monoisotopic (exact) mass is 285 g/mol. The zero-order valence-corrected chi connectivity index (χ0v) is 11.9. The van der Waals surface area contributed by atoms with Gasteiger partial charge in [0, 0.05) is 31.9 Å². The molecule has 1 saturated heterocycles. The molecule has 0 radical (unpaired) electrons. The molecule has 19 heavy (non-hydrogen) atoms. The number of anilines is 1. The SMILES string of the molecule is COc1ccc(N2CCN(C(=O)CN)CC2)cc1.Cl. The highest BCUT2D eigenvalue weighted by Gasteiger charge is 2.20. The standard InChI is InChI=1S/C13H19N3O2.ClH/c1-18-12-4-2-11(3-5-12)15-6-8-16(9-7-15)13(17)10-14;/h2-5H,6-10,14H2,1H3;1H. The van der Waals surface area contributed by atoms with Gasteiger partial charge in [0.15, 0.2) is 0 Å². The lowest BCUT2D eigenvalue weighted by atomic mass is 10.2. The van der Waals surface area contributed by atoms with Gasteiger partial charge in [-0.2, -0.15) is 0 Å². The third kappa shape index (κ3) is 3.75. The highest BCUT2D eigenvalue weighted by molar-refractivity contribution is 5.85. The van der Waals surface area contributed by atoms with E-state index in [2.05, 4.69) is 4.90 Å². The molecule has 2 N–H and O–H groups in total. The van der Waals surface area contributed by atoms with Crippen LogP contribution in [0.1, 0.15) is 0 Å². The van der Waals surface area contributed by atoms with Crippen LogP contribution >= 0.6 is 12.4 Å². The van der Waals surface area contributed by atoms with Crippen LogP contribution in [0.4, 0.5) is 5.69 Å². The quantitative estimate of drug-likeness (QED) is 0.889. The van der Waals surface area contributed by atoms with E-state index in [4.69, 9.17) is 10.5 Å². The van der Waals surface area contributed by atoms with Crippen LogP contribution in [-0.2, 0) is 4.79 Å². The van der Waals surface area contributed by atoms with Crippen LogP contribution in [0.5, 0.6) is 5.75 Å². The molecule has 1 aliphatic rings. The van der Waals surface area contributed by atoms with Gasteiger partial charge in [-0.15, -0.1) is 12.4 Å². The van der Waals surface area contributed by atoms with Gasteiger partial charge in [-0.3, -0.25) is 4.79 Å². The summed E-state index contributed by atoms with van der Waals surface area (Å²) in [6.07, 6.45) is 0. The van der Waals surface area contributed by atoms with Crippen molar-refractivity contribution in [3.05, 3.63) is 24.3 Å². The fraction of sp³-hybridized carbons (Fsp3) is 0.462. The van der Waals surface area contributed by atoms with Crippen molar-refractivity contribution in [2.75, 3.05) is 44.7 Å². The van der Waals surface area contributed by atoms with E-state index < -0.39 is 0 Å². The first kappa shape index (κ1) is 15.6. The van der Waals surface area contributed by atoms with E-state index in [1.807, 2.05) is 29.2 Å². The maximum absolute atomic E-state index is 11.5. The number of halogens is 1. The second-order valence-corrected chi connectivity index (χ2v) is 4.27. The van der Waals surface area contributed by atoms with E-state index in [9.17, 15) is 4.79 Å². The summed E-state index contributed by atoms with van der Waals surface area (Å²) in [4.78, 5) is 15.5. The smallest absolute Gasteiger partial charge is 0.236 e. The van der Waals surface area contributed by atoms with Gasteiger partial charge < -0.3 is 20.3 Å². The van der Waals surface area contributed by atoms with Gasteiger partial charge in [0.05, 0.1) is 13.7 Å². The summed E-state index contributed by atoms with van der Waals surface area (Å²) in [5, 5.41) is 0. The Hall–Kier alpha value is -1.46. The predicted molar refractivity (Wildman–Crippen MR) is 78.1 cm³/mol. The molecule has 1 aromatic carbocycles. The minimum absolute atomic E-state index is 0. The lowest BCUT2D eigenvalue weighted by Gasteiger charge is -2.36. The van der Waals surface area contributed by atoms with Crippen LogP contribution in [0.25, 0.3) is 0 Å². The van der Waals surface area contributed by atoms with Gasteiger partial charge >= 0.3 is 0 Å².